The second-order valence-electron chi connectivity index (χ2n) is 8.98. The zero-order chi connectivity index (χ0) is 29.1. The van der Waals surface area contributed by atoms with E-state index in [4.69, 9.17) is 9.47 Å². The van der Waals surface area contributed by atoms with Crippen LogP contribution in [0.25, 0.3) is 0 Å². The maximum atomic E-state index is 14.1. The Labute approximate surface area is 220 Å². The Hall–Kier alpha value is -3.77. The van der Waals surface area contributed by atoms with E-state index in [1.54, 1.807) is 0 Å². The fraction of sp³-hybridized carbons (Fsp3) is 0.423. The van der Waals surface area contributed by atoms with Crippen molar-refractivity contribution in [2.75, 3.05) is 25.1 Å². The average molecular weight is 560 g/mol. The van der Waals surface area contributed by atoms with Crippen molar-refractivity contribution in [3.63, 3.8) is 0 Å². The molecule has 39 heavy (non-hydrogen) atoms. The minimum atomic E-state index is -4.90. The number of halogens is 6. The maximum absolute atomic E-state index is 14.1. The molecule has 1 aliphatic heterocycles. The van der Waals surface area contributed by atoms with E-state index in [1.807, 2.05) is 0 Å². The summed E-state index contributed by atoms with van der Waals surface area (Å²) in [6.45, 7) is 1.57. The van der Waals surface area contributed by atoms with Gasteiger partial charge in [-0.2, -0.15) is 26.3 Å². The number of carbonyl (C=O) groups excluding carboxylic acids is 3. The minimum Gasteiger partial charge on any atom is -0.465 e. The van der Waals surface area contributed by atoms with Crippen LogP contribution in [0.15, 0.2) is 54.6 Å². The van der Waals surface area contributed by atoms with E-state index in [-0.39, 0.29) is 24.5 Å². The van der Waals surface area contributed by atoms with Gasteiger partial charge in [0.05, 0.1) is 37.3 Å². The first-order chi connectivity index (χ1) is 18.2. The Bertz CT molecular complexity index is 1180. The summed E-state index contributed by atoms with van der Waals surface area (Å²) in [7, 11) is 0. The second kappa shape index (κ2) is 11.1. The summed E-state index contributed by atoms with van der Waals surface area (Å²) in [5.74, 6) is -2.36. The summed E-state index contributed by atoms with van der Waals surface area (Å²) >= 11 is 0. The standard InChI is InChI=1S/C26H26F6N2O5/c1-3-38-20(35)23(21(36)39-4-2)14-24(15-25(27,28)29,17-9-6-5-7-10-17)34(16-23)22(37)33-19-12-8-11-18(13-19)26(30,31)32/h5-13H,3-4,14-16H2,1-2H3,(H,33,37)/t24-/m1/s1. The molecule has 13 heteroatoms. The number of alkyl halides is 6. The lowest BCUT2D eigenvalue weighted by Crippen LogP contribution is -2.49. The molecule has 1 aliphatic rings. The van der Waals surface area contributed by atoms with Gasteiger partial charge in [0.1, 0.15) is 0 Å². The molecule has 0 unspecified atom stereocenters. The van der Waals surface area contributed by atoms with Crippen LogP contribution in [0.3, 0.4) is 0 Å². The van der Waals surface area contributed by atoms with Crippen molar-refractivity contribution in [2.24, 2.45) is 5.41 Å². The quantitative estimate of drug-likeness (QED) is 0.259. The van der Waals surface area contributed by atoms with Crippen LogP contribution in [0.1, 0.15) is 37.8 Å². The molecule has 2 amide bonds. The van der Waals surface area contributed by atoms with Crippen LogP contribution < -0.4 is 5.32 Å². The van der Waals surface area contributed by atoms with Gasteiger partial charge in [-0.05, 0) is 37.6 Å². The van der Waals surface area contributed by atoms with Crippen molar-refractivity contribution in [1.29, 1.82) is 0 Å². The van der Waals surface area contributed by atoms with E-state index in [0.717, 1.165) is 18.2 Å². The van der Waals surface area contributed by atoms with E-state index in [0.29, 0.717) is 11.0 Å². The van der Waals surface area contributed by atoms with Gasteiger partial charge < -0.3 is 19.7 Å². The van der Waals surface area contributed by atoms with E-state index in [2.05, 4.69) is 5.32 Å². The molecular weight excluding hydrogens is 534 g/mol. The Balaban J connectivity index is 2.20. The highest BCUT2D eigenvalue weighted by Crippen LogP contribution is 2.54. The molecule has 1 N–H and O–H groups in total. The van der Waals surface area contributed by atoms with Gasteiger partial charge >= 0.3 is 30.3 Å². The van der Waals surface area contributed by atoms with Crippen LogP contribution in [0, 0.1) is 5.41 Å². The fourth-order valence-corrected chi connectivity index (χ4v) is 4.80. The SMILES string of the molecule is CCOC(=O)C1(C(=O)OCC)CN(C(=O)Nc2cccc(C(F)(F)F)c2)[C@](CC(F)(F)F)(c2ccccc2)C1. The first-order valence-electron chi connectivity index (χ1n) is 11.9. The van der Waals surface area contributed by atoms with Crippen LogP contribution in [-0.2, 0) is 30.8 Å². The Morgan fingerprint density at radius 1 is 0.897 bits per heavy atom. The van der Waals surface area contributed by atoms with Gasteiger partial charge in [-0.3, -0.25) is 9.59 Å². The summed E-state index contributed by atoms with van der Waals surface area (Å²) in [4.78, 5) is 40.5. The minimum absolute atomic E-state index is 0.0445. The Kier molecular flexibility index (Phi) is 8.51. The van der Waals surface area contributed by atoms with Crippen LogP contribution in [0.2, 0.25) is 0 Å². The molecule has 2 aromatic rings. The van der Waals surface area contributed by atoms with Crippen LogP contribution >= 0.6 is 0 Å². The summed E-state index contributed by atoms with van der Waals surface area (Å²) < 4.78 is 92.1. The van der Waals surface area contributed by atoms with Crippen LogP contribution in [0.4, 0.5) is 36.8 Å². The molecular formula is C26H26F6N2O5. The van der Waals surface area contributed by atoms with Gasteiger partial charge in [0.2, 0.25) is 0 Å². The predicted octanol–water partition coefficient (Wildman–Crippen LogP) is 5.90. The normalized spacial score (nSPS) is 18.9. The number of amides is 2. The van der Waals surface area contributed by atoms with E-state index < -0.39 is 66.2 Å². The lowest BCUT2D eigenvalue weighted by atomic mass is 9.75. The van der Waals surface area contributed by atoms with Crippen molar-refractivity contribution in [2.45, 2.75) is 44.6 Å². The highest BCUT2D eigenvalue weighted by atomic mass is 19.4. The first-order valence-corrected chi connectivity index (χ1v) is 11.9. The number of benzene rings is 2. The number of urea groups is 1. The molecule has 1 atom stereocenters. The average Bonchev–Trinajstić information content (AvgIpc) is 3.21. The zero-order valence-electron chi connectivity index (χ0n) is 21.0. The smallest absolute Gasteiger partial charge is 0.416 e. The topological polar surface area (TPSA) is 84.9 Å². The lowest BCUT2D eigenvalue weighted by Gasteiger charge is -2.39. The molecule has 3 rings (SSSR count). The molecule has 0 radical (unpaired) electrons. The largest absolute Gasteiger partial charge is 0.465 e. The zero-order valence-corrected chi connectivity index (χ0v) is 21.0. The number of anilines is 1. The maximum Gasteiger partial charge on any atom is 0.416 e. The Morgan fingerprint density at radius 3 is 2.00 bits per heavy atom. The number of ether oxygens (including phenoxy) is 2. The third-order valence-electron chi connectivity index (χ3n) is 6.36. The summed E-state index contributed by atoms with van der Waals surface area (Å²) in [5.41, 5.74) is -6.15. The van der Waals surface area contributed by atoms with E-state index >= 15 is 0 Å². The van der Waals surface area contributed by atoms with Gasteiger partial charge in [0.25, 0.3) is 0 Å². The molecule has 212 valence electrons. The Morgan fingerprint density at radius 2 is 1.49 bits per heavy atom. The number of nitrogens with one attached hydrogen (secondary N) is 1. The molecule has 0 aliphatic carbocycles. The number of likely N-dealkylation sites (tertiary alicyclic amines) is 1. The number of rotatable bonds is 7. The van der Waals surface area contributed by atoms with E-state index in [1.165, 1.54) is 44.2 Å². The molecule has 0 aromatic heterocycles. The molecule has 0 saturated carbocycles. The molecule has 2 aromatic carbocycles. The van der Waals surface area contributed by atoms with Gasteiger partial charge in [-0.15, -0.1) is 0 Å². The molecule has 1 heterocycles. The lowest BCUT2D eigenvalue weighted by molar-refractivity contribution is -0.173. The van der Waals surface area contributed by atoms with Crippen LogP contribution in [0.5, 0.6) is 0 Å². The van der Waals surface area contributed by atoms with Gasteiger partial charge in [0.15, 0.2) is 5.41 Å². The van der Waals surface area contributed by atoms with E-state index in [9.17, 15) is 40.7 Å². The van der Waals surface area contributed by atoms with Crippen molar-refractivity contribution in [3.8, 4) is 0 Å². The van der Waals surface area contributed by atoms with Gasteiger partial charge in [-0.25, -0.2) is 4.79 Å². The van der Waals surface area contributed by atoms with Crippen molar-refractivity contribution in [1.82, 2.24) is 4.90 Å². The van der Waals surface area contributed by atoms with Crippen molar-refractivity contribution >= 4 is 23.7 Å². The van der Waals surface area contributed by atoms with Crippen LogP contribution in [-0.4, -0.2) is 48.8 Å². The first kappa shape index (κ1) is 29.8. The number of carbonyl (C=O) groups is 3. The number of hydrogen-bond acceptors (Lipinski definition) is 5. The summed E-state index contributed by atoms with van der Waals surface area (Å²) in [6.07, 6.45) is -12.1. The van der Waals surface area contributed by atoms with Gasteiger partial charge in [-0.1, -0.05) is 36.4 Å². The van der Waals surface area contributed by atoms with Crippen molar-refractivity contribution < 1.29 is 50.2 Å². The fourth-order valence-electron chi connectivity index (χ4n) is 4.80. The molecule has 0 spiro atoms. The van der Waals surface area contributed by atoms with Gasteiger partial charge in [0, 0.05) is 12.1 Å². The third kappa shape index (κ3) is 6.28. The third-order valence-corrected chi connectivity index (χ3v) is 6.36. The predicted molar refractivity (Wildman–Crippen MR) is 126 cm³/mol. The number of hydrogen-bond donors (Lipinski definition) is 1. The summed E-state index contributed by atoms with van der Waals surface area (Å²) in [6, 6.07) is 9.25. The number of esters is 2. The van der Waals surface area contributed by atoms with Crippen molar-refractivity contribution in [3.05, 3.63) is 65.7 Å². The number of nitrogens with zero attached hydrogens (tertiary/aromatic N) is 1. The second-order valence-corrected chi connectivity index (χ2v) is 8.98. The monoisotopic (exact) mass is 560 g/mol. The summed E-state index contributed by atoms with van der Waals surface area (Å²) in [5, 5.41) is 2.20. The highest BCUT2D eigenvalue weighted by molar-refractivity contribution is 6.02. The molecule has 1 saturated heterocycles. The molecule has 1 fully saturated rings. The molecule has 0 bridgehead atoms. The highest BCUT2D eigenvalue weighted by Gasteiger charge is 2.66. The molecule has 7 nitrogen and oxygen atoms in total.